The van der Waals surface area contributed by atoms with Gasteiger partial charge in [0.15, 0.2) is 0 Å². The topological polar surface area (TPSA) is 58.5 Å². The lowest BCUT2D eigenvalue weighted by Crippen LogP contribution is -2.30. The molecule has 0 radical (unpaired) electrons. The van der Waals surface area contributed by atoms with Gasteiger partial charge in [-0.2, -0.15) is 0 Å². The van der Waals surface area contributed by atoms with Gasteiger partial charge in [0, 0.05) is 24.1 Å². The van der Waals surface area contributed by atoms with Gasteiger partial charge in [0.1, 0.15) is 22.7 Å². The van der Waals surface area contributed by atoms with Crippen molar-refractivity contribution in [3.05, 3.63) is 34.2 Å². The summed E-state index contributed by atoms with van der Waals surface area (Å²) in [4.78, 5) is 2.40. The summed E-state index contributed by atoms with van der Waals surface area (Å²) in [5.74, 6) is 1.60. The largest absolute Gasteiger partial charge is 0.507 e. The average Bonchev–Trinajstić information content (AvgIpc) is 3.30. The first-order valence-electron chi connectivity index (χ1n) is 9.54. The maximum absolute atomic E-state index is 10.7. The Morgan fingerprint density at radius 3 is 3.04 bits per heavy atom. The molecule has 0 spiro atoms. The fraction of sp³-hybridized carbons (Fsp3) is 0.429. The van der Waals surface area contributed by atoms with Crippen molar-refractivity contribution in [3.8, 4) is 22.8 Å². The van der Waals surface area contributed by atoms with Crippen LogP contribution in [-0.4, -0.2) is 46.9 Å². The molecule has 2 aliphatic rings. The van der Waals surface area contributed by atoms with Crippen LogP contribution in [0.25, 0.3) is 21.5 Å². The number of hydrogen-bond donors (Lipinski definition) is 1. The van der Waals surface area contributed by atoms with E-state index in [1.807, 2.05) is 12.1 Å². The molecular formula is C21H23N3O2S. The molecule has 140 valence electrons. The molecule has 4 heterocycles. The molecule has 0 bridgehead atoms. The Hall–Kier alpha value is -2.18. The van der Waals surface area contributed by atoms with E-state index in [0.717, 1.165) is 46.6 Å². The summed E-state index contributed by atoms with van der Waals surface area (Å²) in [6.07, 6.45) is 3.18. The zero-order valence-corrected chi connectivity index (χ0v) is 16.5. The highest BCUT2D eigenvalue weighted by Gasteiger charge is 2.25. The van der Waals surface area contributed by atoms with E-state index in [2.05, 4.69) is 34.4 Å². The number of hydrogen-bond acceptors (Lipinski definition) is 6. The Morgan fingerprint density at radius 2 is 2.19 bits per heavy atom. The van der Waals surface area contributed by atoms with Gasteiger partial charge in [0.05, 0.1) is 11.3 Å². The third-order valence-electron chi connectivity index (χ3n) is 5.91. The number of phenols is 1. The molecule has 2 aromatic heterocycles. The zero-order chi connectivity index (χ0) is 18.5. The number of piperidine rings is 1. The minimum atomic E-state index is 0.285. The number of benzene rings is 1. The first-order chi connectivity index (χ1) is 13.1. The van der Waals surface area contributed by atoms with Crippen molar-refractivity contribution >= 4 is 21.6 Å². The molecule has 1 fully saturated rings. The standard InChI is InChI=1S/C21H23N3O2S/c1-12-18(15-5-6-17-14(20(15)25)7-9-26-17)22-23-19-16(11-27-21(12)19)13-4-3-8-24(2)10-13/h5-6,11,13,25H,3-4,7-10H2,1-2H3/t13-/m0/s1. The highest BCUT2D eigenvalue weighted by molar-refractivity contribution is 7.17. The smallest absolute Gasteiger partial charge is 0.132 e. The van der Waals surface area contributed by atoms with E-state index in [9.17, 15) is 5.11 Å². The zero-order valence-electron chi connectivity index (χ0n) is 15.7. The minimum absolute atomic E-state index is 0.285. The number of rotatable bonds is 2. The lowest BCUT2D eigenvalue weighted by atomic mass is 9.91. The van der Waals surface area contributed by atoms with Crippen molar-refractivity contribution in [3.63, 3.8) is 0 Å². The van der Waals surface area contributed by atoms with Crippen molar-refractivity contribution in [2.45, 2.75) is 32.1 Å². The quantitative estimate of drug-likeness (QED) is 0.724. The van der Waals surface area contributed by atoms with Gasteiger partial charge in [-0.25, -0.2) is 0 Å². The van der Waals surface area contributed by atoms with Crippen LogP contribution in [0.15, 0.2) is 17.5 Å². The Labute approximate surface area is 162 Å². The van der Waals surface area contributed by atoms with Gasteiger partial charge in [0.2, 0.25) is 0 Å². The molecule has 0 amide bonds. The number of likely N-dealkylation sites (tertiary alicyclic amines) is 1. The van der Waals surface area contributed by atoms with Crippen molar-refractivity contribution in [1.82, 2.24) is 15.1 Å². The van der Waals surface area contributed by atoms with Crippen LogP contribution in [0, 0.1) is 6.92 Å². The highest BCUT2D eigenvalue weighted by Crippen LogP contribution is 2.43. The number of nitrogens with zero attached hydrogens (tertiary/aromatic N) is 3. The lowest BCUT2D eigenvalue weighted by Gasteiger charge is -2.29. The molecule has 5 rings (SSSR count). The van der Waals surface area contributed by atoms with Gasteiger partial charge in [-0.3, -0.25) is 0 Å². The van der Waals surface area contributed by atoms with Crippen LogP contribution in [0.2, 0.25) is 0 Å². The molecule has 1 aromatic carbocycles. The Bertz CT molecular complexity index is 1030. The fourth-order valence-corrected chi connectivity index (χ4v) is 5.52. The Kier molecular flexibility index (Phi) is 4.06. The lowest BCUT2D eigenvalue weighted by molar-refractivity contribution is 0.251. The summed E-state index contributed by atoms with van der Waals surface area (Å²) in [6.45, 7) is 4.97. The second-order valence-electron chi connectivity index (χ2n) is 7.68. The predicted molar refractivity (Wildman–Crippen MR) is 108 cm³/mol. The van der Waals surface area contributed by atoms with Gasteiger partial charge in [-0.15, -0.1) is 21.5 Å². The molecule has 1 N–H and O–H groups in total. The molecule has 1 saturated heterocycles. The molecule has 2 aliphatic heterocycles. The molecule has 0 saturated carbocycles. The van der Waals surface area contributed by atoms with Gasteiger partial charge in [-0.1, -0.05) is 0 Å². The van der Waals surface area contributed by atoms with Crippen molar-refractivity contribution in [2.75, 3.05) is 26.7 Å². The predicted octanol–water partition coefficient (Wildman–Crippen LogP) is 4.12. The fourth-order valence-electron chi connectivity index (χ4n) is 4.43. The second kappa shape index (κ2) is 6.46. The van der Waals surface area contributed by atoms with E-state index in [1.165, 1.54) is 29.6 Å². The summed E-state index contributed by atoms with van der Waals surface area (Å²) >= 11 is 1.75. The Morgan fingerprint density at radius 1 is 1.30 bits per heavy atom. The van der Waals surface area contributed by atoms with E-state index in [-0.39, 0.29) is 5.75 Å². The van der Waals surface area contributed by atoms with Crippen LogP contribution in [-0.2, 0) is 6.42 Å². The summed E-state index contributed by atoms with van der Waals surface area (Å²) < 4.78 is 6.73. The SMILES string of the molecule is Cc1c(-c2ccc3c(c2O)CCO3)nnc2c([C@H]3CCCN(C)C3)csc12. The molecule has 0 unspecified atom stereocenters. The average molecular weight is 382 g/mol. The molecule has 0 aliphatic carbocycles. The Balaban J connectivity index is 1.59. The summed E-state index contributed by atoms with van der Waals surface area (Å²) in [6, 6.07) is 3.83. The maximum Gasteiger partial charge on any atom is 0.132 e. The van der Waals surface area contributed by atoms with Gasteiger partial charge in [0.25, 0.3) is 0 Å². The number of aromatic nitrogens is 2. The number of aryl methyl sites for hydroxylation is 1. The van der Waals surface area contributed by atoms with E-state index in [4.69, 9.17) is 4.74 Å². The maximum atomic E-state index is 10.7. The molecule has 3 aromatic rings. The number of ether oxygens (including phenoxy) is 1. The number of phenolic OH excluding ortho intramolecular Hbond substituents is 1. The normalized spacial score (nSPS) is 20.0. The van der Waals surface area contributed by atoms with Crippen molar-refractivity contribution in [1.29, 1.82) is 0 Å². The highest BCUT2D eigenvalue weighted by atomic mass is 32.1. The van der Waals surface area contributed by atoms with Crippen LogP contribution in [0.5, 0.6) is 11.5 Å². The summed E-state index contributed by atoms with van der Waals surface area (Å²) in [5, 5.41) is 22.2. The third-order valence-corrected chi connectivity index (χ3v) is 7.01. The van der Waals surface area contributed by atoms with Crippen LogP contribution in [0.3, 0.4) is 0 Å². The van der Waals surface area contributed by atoms with E-state index in [0.29, 0.717) is 12.5 Å². The van der Waals surface area contributed by atoms with Crippen LogP contribution < -0.4 is 4.74 Å². The van der Waals surface area contributed by atoms with Crippen LogP contribution >= 0.6 is 11.3 Å². The van der Waals surface area contributed by atoms with Gasteiger partial charge < -0.3 is 14.7 Å². The molecule has 1 atom stereocenters. The van der Waals surface area contributed by atoms with Gasteiger partial charge in [-0.05, 0) is 67.9 Å². The molecule has 5 nitrogen and oxygen atoms in total. The van der Waals surface area contributed by atoms with Crippen LogP contribution in [0.4, 0.5) is 0 Å². The summed E-state index contributed by atoms with van der Waals surface area (Å²) in [7, 11) is 2.19. The number of fused-ring (bicyclic) bond motifs is 2. The number of thiophene rings is 1. The number of aromatic hydroxyl groups is 1. The molecule has 6 heteroatoms. The first kappa shape index (κ1) is 17.0. The molecular weight excluding hydrogens is 358 g/mol. The van der Waals surface area contributed by atoms with E-state index < -0.39 is 0 Å². The minimum Gasteiger partial charge on any atom is -0.507 e. The first-order valence-corrected chi connectivity index (χ1v) is 10.4. The monoisotopic (exact) mass is 381 g/mol. The summed E-state index contributed by atoms with van der Waals surface area (Å²) in [5.41, 5.74) is 5.85. The molecule has 27 heavy (non-hydrogen) atoms. The second-order valence-corrected chi connectivity index (χ2v) is 8.56. The van der Waals surface area contributed by atoms with E-state index >= 15 is 0 Å². The third kappa shape index (κ3) is 2.70. The van der Waals surface area contributed by atoms with Crippen molar-refractivity contribution < 1.29 is 9.84 Å². The van der Waals surface area contributed by atoms with Crippen molar-refractivity contribution in [2.24, 2.45) is 0 Å². The van der Waals surface area contributed by atoms with E-state index in [1.54, 1.807) is 11.3 Å². The number of likely N-dealkylation sites (N-methyl/N-ethyl adjacent to an activating group) is 1. The van der Waals surface area contributed by atoms with Gasteiger partial charge >= 0.3 is 0 Å². The van der Waals surface area contributed by atoms with Crippen LogP contribution in [0.1, 0.15) is 35.4 Å².